The van der Waals surface area contributed by atoms with Crippen LogP contribution in [0.15, 0.2) is 33.9 Å². The number of piperazine rings is 1. The third kappa shape index (κ3) is 4.43. The third-order valence-corrected chi connectivity index (χ3v) is 5.62. The molecule has 168 valence electrons. The standard InChI is InChI=1S/C21H26N8O3/c1-27-18-16(20(31)28(2)21(27)32)24-17(25-26-18)14-4-6-15(7-5-14)19(30)23-8-3-11-29-12-9-22-10-13-29/h4-7,22H,3,8-13H2,1-2H3,(H,23,30). The van der Waals surface area contributed by atoms with Crippen LogP contribution in [-0.2, 0) is 14.1 Å². The first kappa shape index (κ1) is 21.8. The average molecular weight is 438 g/mol. The van der Waals surface area contributed by atoms with Gasteiger partial charge in [0.15, 0.2) is 17.0 Å². The first-order valence-corrected chi connectivity index (χ1v) is 10.6. The summed E-state index contributed by atoms with van der Waals surface area (Å²) in [7, 11) is 2.90. The molecular weight excluding hydrogens is 412 g/mol. The Morgan fingerprint density at radius 2 is 1.78 bits per heavy atom. The molecule has 0 bridgehead atoms. The maximum absolute atomic E-state index is 12.4. The van der Waals surface area contributed by atoms with E-state index in [-0.39, 0.29) is 22.9 Å². The second-order valence-electron chi connectivity index (χ2n) is 7.79. The molecule has 0 radical (unpaired) electrons. The lowest BCUT2D eigenvalue weighted by molar-refractivity contribution is 0.0951. The van der Waals surface area contributed by atoms with Gasteiger partial charge < -0.3 is 15.5 Å². The Balaban J connectivity index is 1.43. The number of nitrogens with one attached hydrogen (secondary N) is 2. The van der Waals surface area contributed by atoms with Crippen molar-refractivity contribution in [1.29, 1.82) is 0 Å². The Morgan fingerprint density at radius 3 is 2.50 bits per heavy atom. The molecule has 4 rings (SSSR count). The number of fused-ring (bicyclic) bond motifs is 1. The van der Waals surface area contributed by atoms with Gasteiger partial charge in [-0.25, -0.2) is 9.78 Å². The van der Waals surface area contributed by atoms with E-state index in [0.29, 0.717) is 17.7 Å². The van der Waals surface area contributed by atoms with Crippen LogP contribution in [0.5, 0.6) is 0 Å². The van der Waals surface area contributed by atoms with Gasteiger partial charge in [-0.1, -0.05) is 12.1 Å². The molecule has 1 fully saturated rings. The van der Waals surface area contributed by atoms with Crippen molar-refractivity contribution < 1.29 is 4.79 Å². The number of carbonyl (C=O) groups is 1. The molecule has 3 heterocycles. The Kier molecular flexibility index (Phi) is 6.37. The zero-order valence-electron chi connectivity index (χ0n) is 18.2. The highest BCUT2D eigenvalue weighted by Gasteiger charge is 2.14. The Bertz CT molecular complexity index is 1240. The molecule has 11 heteroatoms. The maximum Gasteiger partial charge on any atom is 0.332 e. The number of amides is 1. The zero-order chi connectivity index (χ0) is 22.7. The number of benzene rings is 1. The van der Waals surface area contributed by atoms with Crippen molar-refractivity contribution in [2.45, 2.75) is 6.42 Å². The van der Waals surface area contributed by atoms with Gasteiger partial charge in [0.05, 0.1) is 0 Å². The van der Waals surface area contributed by atoms with Crippen LogP contribution in [0.1, 0.15) is 16.8 Å². The van der Waals surface area contributed by atoms with E-state index in [9.17, 15) is 14.4 Å². The number of carbonyl (C=O) groups excluding carboxylic acids is 1. The second-order valence-corrected chi connectivity index (χ2v) is 7.79. The average Bonchev–Trinajstić information content (AvgIpc) is 2.84. The summed E-state index contributed by atoms with van der Waals surface area (Å²) in [5.74, 6) is 0.106. The molecule has 1 aliphatic rings. The topological polar surface area (TPSA) is 127 Å². The summed E-state index contributed by atoms with van der Waals surface area (Å²) in [4.78, 5) is 43.6. The van der Waals surface area contributed by atoms with E-state index in [1.165, 1.54) is 18.7 Å². The van der Waals surface area contributed by atoms with Crippen LogP contribution in [-0.4, -0.2) is 74.4 Å². The molecule has 2 aromatic heterocycles. The molecular formula is C21H26N8O3. The van der Waals surface area contributed by atoms with Crippen molar-refractivity contribution in [3.8, 4) is 11.4 Å². The van der Waals surface area contributed by atoms with Gasteiger partial charge in [0, 0.05) is 57.9 Å². The number of rotatable bonds is 6. The van der Waals surface area contributed by atoms with Crippen molar-refractivity contribution in [1.82, 2.24) is 39.8 Å². The van der Waals surface area contributed by atoms with Crippen molar-refractivity contribution in [3.05, 3.63) is 50.7 Å². The summed E-state index contributed by atoms with van der Waals surface area (Å²) in [5, 5.41) is 14.3. The molecule has 1 amide bonds. The molecule has 1 aromatic carbocycles. The fourth-order valence-electron chi connectivity index (χ4n) is 3.69. The van der Waals surface area contributed by atoms with Gasteiger partial charge in [-0.2, -0.15) is 0 Å². The Hall–Kier alpha value is -3.44. The summed E-state index contributed by atoms with van der Waals surface area (Å²) < 4.78 is 2.21. The van der Waals surface area contributed by atoms with Crippen LogP contribution in [0.2, 0.25) is 0 Å². The highest BCUT2D eigenvalue weighted by Crippen LogP contribution is 2.16. The van der Waals surface area contributed by atoms with E-state index in [1.54, 1.807) is 24.3 Å². The number of aryl methyl sites for hydroxylation is 1. The smallest absolute Gasteiger partial charge is 0.332 e. The summed E-state index contributed by atoms with van der Waals surface area (Å²) in [6.45, 7) is 5.71. The molecule has 0 spiro atoms. The summed E-state index contributed by atoms with van der Waals surface area (Å²) >= 11 is 0. The third-order valence-electron chi connectivity index (χ3n) is 5.62. The Morgan fingerprint density at radius 1 is 1.06 bits per heavy atom. The molecule has 0 saturated carbocycles. The van der Waals surface area contributed by atoms with E-state index in [0.717, 1.165) is 43.7 Å². The SMILES string of the molecule is Cn1c(=O)c2nc(-c3ccc(C(=O)NCCCN4CCNCC4)cc3)nnc2n(C)c1=O. The number of nitrogens with zero attached hydrogens (tertiary/aromatic N) is 6. The molecule has 1 aliphatic heterocycles. The van der Waals surface area contributed by atoms with Crippen molar-refractivity contribution >= 4 is 17.1 Å². The molecule has 11 nitrogen and oxygen atoms in total. The largest absolute Gasteiger partial charge is 0.352 e. The minimum Gasteiger partial charge on any atom is -0.352 e. The van der Waals surface area contributed by atoms with Crippen LogP contribution in [0.25, 0.3) is 22.6 Å². The Labute approximate surface area is 184 Å². The van der Waals surface area contributed by atoms with Gasteiger partial charge in [0.25, 0.3) is 11.5 Å². The number of hydrogen-bond acceptors (Lipinski definition) is 8. The zero-order valence-corrected chi connectivity index (χ0v) is 18.2. The van der Waals surface area contributed by atoms with Crippen LogP contribution in [0, 0.1) is 0 Å². The highest BCUT2D eigenvalue weighted by molar-refractivity contribution is 5.94. The predicted molar refractivity (Wildman–Crippen MR) is 120 cm³/mol. The number of hydrogen-bond donors (Lipinski definition) is 2. The lowest BCUT2D eigenvalue weighted by Crippen LogP contribution is -2.44. The molecule has 3 aromatic rings. The molecule has 1 saturated heterocycles. The van der Waals surface area contributed by atoms with E-state index in [4.69, 9.17) is 0 Å². The van der Waals surface area contributed by atoms with Crippen LogP contribution in [0.4, 0.5) is 0 Å². The first-order chi connectivity index (χ1) is 15.5. The van der Waals surface area contributed by atoms with E-state index < -0.39 is 11.2 Å². The normalized spacial score (nSPS) is 14.6. The van der Waals surface area contributed by atoms with Crippen molar-refractivity contribution in [2.24, 2.45) is 14.1 Å². The number of aromatic nitrogens is 5. The lowest BCUT2D eigenvalue weighted by Gasteiger charge is -2.27. The van der Waals surface area contributed by atoms with Gasteiger partial charge in [-0.05, 0) is 25.1 Å². The molecule has 0 atom stereocenters. The van der Waals surface area contributed by atoms with E-state index >= 15 is 0 Å². The van der Waals surface area contributed by atoms with Gasteiger partial charge in [-0.15, -0.1) is 10.2 Å². The van der Waals surface area contributed by atoms with Crippen LogP contribution in [0.3, 0.4) is 0 Å². The van der Waals surface area contributed by atoms with Gasteiger partial charge in [0.1, 0.15) is 0 Å². The minimum absolute atomic E-state index is 0.0610. The monoisotopic (exact) mass is 438 g/mol. The van der Waals surface area contributed by atoms with Crippen LogP contribution >= 0.6 is 0 Å². The summed E-state index contributed by atoms with van der Waals surface area (Å²) in [6, 6.07) is 6.80. The van der Waals surface area contributed by atoms with Gasteiger partial charge >= 0.3 is 5.69 Å². The molecule has 0 unspecified atom stereocenters. The molecule has 0 aliphatic carbocycles. The fourth-order valence-corrected chi connectivity index (χ4v) is 3.69. The van der Waals surface area contributed by atoms with Crippen LogP contribution < -0.4 is 21.9 Å². The van der Waals surface area contributed by atoms with E-state index in [1.807, 2.05) is 0 Å². The van der Waals surface area contributed by atoms with E-state index in [2.05, 4.69) is 30.7 Å². The molecule has 32 heavy (non-hydrogen) atoms. The highest BCUT2D eigenvalue weighted by atomic mass is 16.2. The van der Waals surface area contributed by atoms with Crippen molar-refractivity contribution in [3.63, 3.8) is 0 Å². The summed E-state index contributed by atoms with van der Waals surface area (Å²) in [6.07, 6.45) is 0.901. The van der Waals surface area contributed by atoms with Crippen molar-refractivity contribution in [2.75, 3.05) is 39.3 Å². The maximum atomic E-state index is 12.4. The lowest BCUT2D eigenvalue weighted by atomic mass is 10.1. The fraction of sp³-hybridized carbons (Fsp3) is 0.429. The van der Waals surface area contributed by atoms with Gasteiger partial charge in [-0.3, -0.25) is 18.7 Å². The minimum atomic E-state index is -0.531. The van der Waals surface area contributed by atoms with Gasteiger partial charge in [0.2, 0.25) is 0 Å². The predicted octanol–water partition coefficient (Wildman–Crippen LogP) is -0.886. The first-order valence-electron chi connectivity index (χ1n) is 10.6. The quantitative estimate of drug-likeness (QED) is 0.475. The second kappa shape index (κ2) is 9.37. The summed E-state index contributed by atoms with van der Waals surface area (Å²) in [5.41, 5.74) is 0.309. The molecule has 2 N–H and O–H groups in total.